The number of fused-ring (bicyclic) bond motifs is 1. The van der Waals surface area contributed by atoms with Gasteiger partial charge in [0.25, 0.3) is 5.91 Å². The number of nitrogens with one attached hydrogen (secondary N) is 3. The first kappa shape index (κ1) is 15.1. The lowest BCUT2D eigenvalue weighted by Crippen LogP contribution is -2.45. The quantitative estimate of drug-likeness (QED) is 0.710. The molecule has 3 rings (SSSR count). The Morgan fingerprint density at radius 1 is 1.23 bits per heavy atom. The van der Waals surface area contributed by atoms with Gasteiger partial charge < -0.3 is 20.4 Å². The van der Waals surface area contributed by atoms with E-state index in [1.807, 2.05) is 0 Å². The Morgan fingerprint density at radius 2 is 2.05 bits per heavy atom. The van der Waals surface area contributed by atoms with E-state index in [0.717, 1.165) is 6.42 Å². The Kier molecular flexibility index (Phi) is 4.77. The SMILES string of the molecule is O=C(NCCNC(=O)C1CC2CCCCC2N1)c1ccco1. The van der Waals surface area contributed by atoms with E-state index < -0.39 is 0 Å². The molecule has 6 heteroatoms. The highest BCUT2D eigenvalue weighted by Crippen LogP contribution is 2.33. The van der Waals surface area contributed by atoms with Gasteiger partial charge in [0.2, 0.25) is 5.91 Å². The topological polar surface area (TPSA) is 83.4 Å². The van der Waals surface area contributed by atoms with Crippen LogP contribution in [0.1, 0.15) is 42.7 Å². The van der Waals surface area contributed by atoms with Gasteiger partial charge in [-0.15, -0.1) is 0 Å². The molecule has 2 fully saturated rings. The van der Waals surface area contributed by atoms with Gasteiger partial charge >= 0.3 is 0 Å². The van der Waals surface area contributed by atoms with E-state index in [1.165, 1.54) is 31.9 Å². The fraction of sp³-hybridized carbons (Fsp3) is 0.625. The lowest BCUT2D eigenvalue weighted by atomic mass is 9.85. The zero-order valence-corrected chi connectivity index (χ0v) is 12.6. The van der Waals surface area contributed by atoms with E-state index in [9.17, 15) is 9.59 Å². The maximum absolute atomic E-state index is 12.2. The second-order valence-corrected chi connectivity index (χ2v) is 6.13. The Morgan fingerprint density at radius 3 is 2.82 bits per heavy atom. The van der Waals surface area contributed by atoms with Gasteiger partial charge in [-0.1, -0.05) is 12.8 Å². The van der Waals surface area contributed by atoms with Crippen LogP contribution in [0, 0.1) is 5.92 Å². The van der Waals surface area contributed by atoms with E-state index in [2.05, 4.69) is 16.0 Å². The third-order valence-electron chi connectivity index (χ3n) is 4.63. The Balaban J connectivity index is 1.35. The molecule has 2 heterocycles. The molecule has 3 atom stereocenters. The van der Waals surface area contributed by atoms with Crippen molar-refractivity contribution >= 4 is 11.8 Å². The van der Waals surface area contributed by atoms with Gasteiger partial charge in [-0.25, -0.2) is 0 Å². The third-order valence-corrected chi connectivity index (χ3v) is 4.63. The summed E-state index contributed by atoms with van der Waals surface area (Å²) in [7, 11) is 0. The van der Waals surface area contributed by atoms with Crippen molar-refractivity contribution in [2.45, 2.75) is 44.2 Å². The third kappa shape index (κ3) is 3.50. The van der Waals surface area contributed by atoms with Gasteiger partial charge in [0, 0.05) is 19.1 Å². The fourth-order valence-corrected chi connectivity index (χ4v) is 3.50. The first-order valence-corrected chi connectivity index (χ1v) is 8.09. The number of carbonyl (C=O) groups excluding carboxylic acids is 2. The number of hydrogen-bond donors (Lipinski definition) is 3. The molecule has 0 aromatic carbocycles. The zero-order chi connectivity index (χ0) is 15.4. The molecule has 1 aromatic heterocycles. The highest BCUT2D eigenvalue weighted by atomic mass is 16.3. The minimum absolute atomic E-state index is 0.0432. The summed E-state index contributed by atoms with van der Waals surface area (Å²) in [5, 5.41) is 9.05. The molecule has 1 saturated heterocycles. The van der Waals surface area contributed by atoms with Crippen LogP contribution in [0.2, 0.25) is 0 Å². The maximum atomic E-state index is 12.2. The molecule has 2 aliphatic rings. The number of furan rings is 1. The van der Waals surface area contributed by atoms with Crippen molar-refractivity contribution in [3.05, 3.63) is 24.2 Å². The van der Waals surface area contributed by atoms with E-state index in [4.69, 9.17) is 4.42 Å². The number of carbonyl (C=O) groups is 2. The van der Waals surface area contributed by atoms with Gasteiger partial charge in [0.15, 0.2) is 5.76 Å². The van der Waals surface area contributed by atoms with Crippen molar-refractivity contribution in [3.63, 3.8) is 0 Å². The molecule has 1 saturated carbocycles. The smallest absolute Gasteiger partial charge is 0.287 e. The summed E-state index contributed by atoms with van der Waals surface area (Å²) in [5.74, 6) is 0.724. The Hall–Kier alpha value is -1.82. The summed E-state index contributed by atoms with van der Waals surface area (Å²) in [6, 6.07) is 3.72. The Bertz CT molecular complexity index is 501. The minimum atomic E-state index is -0.260. The molecule has 1 aromatic rings. The summed E-state index contributed by atoms with van der Waals surface area (Å²) in [4.78, 5) is 23.8. The fourth-order valence-electron chi connectivity index (χ4n) is 3.50. The van der Waals surface area contributed by atoms with Crippen molar-refractivity contribution in [2.75, 3.05) is 13.1 Å². The standard InChI is InChI=1S/C16H23N3O3/c20-15(13-10-11-4-1-2-5-12(11)19-13)17-7-8-18-16(21)14-6-3-9-22-14/h3,6,9,11-13,19H,1-2,4-5,7-8,10H2,(H,17,20)(H,18,21). The van der Waals surface area contributed by atoms with Crippen LogP contribution in [0.25, 0.3) is 0 Å². The molecule has 3 unspecified atom stereocenters. The van der Waals surface area contributed by atoms with Crippen molar-refractivity contribution < 1.29 is 14.0 Å². The van der Waals surface area contributed by atoms with Crippen molar-refractivity contribution in [1.29, 1.82) is 0 Å². The first-order chi connectivity index (χ1) is 10.7. The van der Waals surface area contributed by atoms with E-state index in [0.29, 0.717) is 25.0 Å². The average molecular weight is 305 g/mol. The van der Waals surface area contributed by atoms with E-state index >= 15 is 0 Å². The molecule has 120 valence electrons. The molecule has 6 nitrogen and oxygen atoms in total. The number of hydrogen-bond acceptors (Lipinski definition) is 4. The molecule has 0 bridgehead atoms. The Labute approximate surface area is 130 Å². The van der Waals surface area contributed by atoms with Crippen LogP contribution in [0.3, 0.4) is 0 Å². The molecule has 2 amide bonds. The molecular formula is C16H23N3O3. The summed E-state index contributed by atoms with van der Waals surface area (Å²) < 4.78 is 5.00. The van der Waals surface area contributed by atoms with Gasteiger partial charge in [-0.3, -0.25) is 9.59 Å². The van der Waals surface area contributed by atoms with Crippen molar-refractivity contribution in [1.82, 2.24) is 16.0 Å². The lowest BCUT2D eigenvalue weighted by Gasteiger charge is -2.24. The monoisotopic (exact) mass is 305 g/mol. The molecule has 1 aliphatic heterocycles. The van der Waals surface area contributed by atoms with Gasteiger partial charge in [-0.2, -0.15) is 0 Å². The van der Waals surface area contributed by atoms with Gasteiger partial charge in [0.05, 0.1) is 12.3 Å². The number of amides is 2. The summed E-state index contributed by atoms with van der Waals surface area (Å²) in [6.07, 6.45) is 7.38. The predicted octanol–water partition coefficient (Wildman–Crippen LogP) is 1.05. The van der Waals surface area contributed by atoms with E-state index in [-0.39, 0.29) is 23.6 Å². The molecule has 0 spiro atoms. The molecule has 0 radical (unpaired) electrons. The molecule has 1 aliphatic carbocycles. The highest BCUT2D eigenvalue weighted by Gasteiger charge is 2.37. The van der Waals surface area contributed by atoms with Crippen LogP contribution in [0.5, 0.6) is 0 Å². The summed E-state index contributed by atoms with van der Waals surface area (Å²) in [5.41, 5.74) is 0. The van der Waals surface area contributed by atoms with Crippen molar-refractivity contribution in [3.8, 4) is 0 Å². The first-order valence-electron chi connectivity index (χ1n) is 8.09. The highest BCUT2D eigenvalue weighted by molar-refractivity contribution is 5.91. The molecule has 3 N–H and O–H groups in total. The van der Waals surface area contributed by atoms with Gasteiger partial charge in [-0.05, 0) is 37.3 Å². The van der Waals surface area contributed by atoms with Crippen molar-refractivity contribution in [2.24, 2.45) is 5.92 Å². The molecular weight excluding hydrogens is 282 g/mol. The minimum Gasteiger partial charge on any atom is -0.459 e. The second-order valence-electron chi connectivity index (χ2n) is 6.13. The second kappa shape index (κ2) is 6.96. The lowest BCUT2D eigenvalue weighted by molar-refractivity contribution is -0.122. The zero-order valence-electron chi connectivity index (χ0n) is 12.6. The van der Waals surface area contributed by atoms with Crippen LogP contribution in [0.4, 0.5) is 0 Å². The van der Waals surface area contributed by atoms with Crippen LogP contribution in [-0.4, -0.2) is 37.0 Å². The van der Waals surface area contributed by atoms with E-state index in [1.54, 1.807) is 12.1 Å². The normalized spacial score (nSPS) is 27.2. The summed E-state index contributed by atoms with van der Waals surface area (Å²) >= 11 is 0. The largest absolute Gasteiger partial charge is 0.459 e. The van der Waals surface area contributed by atoms with Crippen LogP contribution in [0.15, 0.2) is 22.8 Å². The van der Waals surface area contributed by atoms with Crippen LogP contribution in [-0.2, 0) is 4.79 Å². The van der Waals surface area contributed by atoms with Crippen LogP contribution < -0.4 is 16.0 Å². The van der Waals surface area contributed by atoms with Gasteiger partial charge in [0.1, 0.15) is 0 Å². The molecule has 22 heavy (non-hydrogen) atoms. The average Bonchev–Trinajstić information content (AvgIpc) is 3.19. The van der Waals surface area contributed by atoms with Crippen LogP contribution >= 0.6 is 0 Å². The maximum Gasteiger partial charge on any atom is 0.287 e. The summed E-state index contributed by atoms with van der Waals surface area (Å²) in [6.45, 7) is 0.823. The predicted molar refractivity (Wildman–Crippen MR) is 81.3 cm³/mol. The number of rotatable bonds is 5.